The van der Waals surface area contributed by atoms with Crippen LogP contribution in [0.15, 0.2) is 30.6 Å². The van der Waals surface area contributed by atoms with E-state index in [1.807, 2.05) is 0 Å². The van der Waals surface area contributed by atoms with Gasteiger partial charge >= 0.3 is 12.4 Å². The normalized spacial score (nSPS) is 16.9. The lowest BCUT2D eigenvalue weighted by atomic mass is 10.2. The monoisotopic (exact) mass is 405 g/mol. The Kier molecular flexibility index (Phi) is 5.73. The standard InChI is InChI=1S/C17H17F6N5/c18-16(19,20)11-27-6-1-7-28(9-8-27)14-10-13(17(21,22)23)25-15(26-14)12-2-4-24-5-3-12/h2-5,10H,1,6-9,11H2. The minimum atomic E-state index is -4.67. The number of nitrogens with zero attached hydrogens (tertiary/aromatic N) is 5. The molecule has 3 rings (SSSR count). The van der Waals surface area contributed by atoms with Crippen LogP contribution in [0.2, 0.25) is 0 Å². The molecule has 2 aromatic rings. The van der Waals surface area contributed by atoms with Crippen molar-refractivity contribution < 1.29 is 26.3 Å². The van der Waals surface area contributed by atoms with Crippen molar-refractivity contribution >= 4 is 5.82 Å². The minimum absolute atomic E-state index is 0.0444. The van der Waals surface area contributed by atoms with E-state index in [0.717, 1.165) is 6.07 Å². The van der Waals surface area contributed by atoms with Gasteiger partial charge in [-0.1, -0.05) is 0 Å². The van der Waals surface area contributed by atoms with E-state index in [0.29, 0.717) is 18.5 Å². The van der Waals surface area contributed by atoms with E-state index < -0.39 is 24.6 Å². The first-order valence-electron chi connectivity index (χ1n) is 8.52. The molecule has 5 nitrogen and oxygen atoms in total. The highest BCUT2D eigenvalue weighted by Crippen LogP contribution is 2.32. The quantitative estimate of drug-likeness (QED) is 0.730. The molecule has 2 aromatic heterocycles. The Balaban J connectivity index is 1.88. The maximum atomic E-state index is 13.3. The third-order valence-corrected chi connectivity index (χ3v) is 4.26. The highest BCUT2D eigenvalue weighted by Gasteiger charge is 2.35. The van der Waals surface area contributed by atoms with E-state index in [1.165, 1.54) is 29.4 Å². The first-order valence-corrected chi connectivity index (χ1v) is 8.52. The third kappa shape index (κ3) is 5.31. The summed E-state index contributed by atoms with van der Waals surface area (Å²) in [5.41, 5.74) is -0.725. The van der Waals surface area contributed by atoms with Crippen molar-refractivity contribution in [3.05, 3.63) is 36.3 Å². The fourth-order valence-corrected chi connectivity index (χ4v) is 2.98. The number of rotatable bonds is 3. The second kappa shape index (κ2) is 7.90. The zero-order valence-corrected chi connectivity index (χ0v) is 14.6. The van der Waals surface area contributed by atoms with Gasteiger partial charge in [-0.2, -0.15) is 26.3 Å². The topological polar surface area (TPSA) is 45.2 Å². The van der Waals surface area contributed by atoms with Crippen molar-refractivity contribution in [2.45, 2.75) is 18.8 Å². The van der Waals surface area contributed by atoms with Crippen LogP contribution in [-0.4, -0.2) is 58.8 Å². The van der Waals surface area contributed by atoms with Gasteiger partial charge in [-0.3, -0.25) is 9.88 Å². The van der Waals surface area contributed by atoms with Crippen LogP contribution in [0.5, 0.6) is 0 Å². The summed E-state index contributed by atoms with van der Waals surface area (Å²) < 4.78 is 77.7. The van der Waals surface area contributed by atoms with Gasteiger partial charge in [-0.05, 0) is 18.6 Å². The molecule has 0 bridgehead atoms. The highest BCUT2D eigenvalue weighted by atomic mass is 19.4. The Morgan fingerprint density at radius 3 is 2.25 bits per heavy atom. The van der Waals surface area contributed by atoms with Crippen LogP contribution < -0.4 is 4.90 Å². The fourth-order valence-electron chi connectivity index (χ4n) is 2.98. The summed E-state index contributed by atoms with van der Waals surface area (Å²) in [5, 5.41) is 0. The van der Waals surface area contributed by atoms with Gasteiger partial charge in [0.05, 0.1) is 6.54 Å². The van der Waals surface area contributed by atoms with Gasteiger partial charge in [0, 0.05) is 50.2 Å². The van der Waals surface area contributed by atoms with E-state index in [1.54, 1.807) is 4.90 Å². The Morgan fingerprint density at radius 1 is 0.893 bits per heavy atom. The number of aromatic nitrogens is 3. The summed E-state index contributed by atoms with van der Waals surface area (Å²) in [5.74, 6) is -0.0633. The second-order valence-electron chi connectivity index (χ2n) is 6.40. The predicted molar refractivity (Wildman–Crippen MR) is 89.6 cm³/mol. The van der Waals surface area contributed by atoms with Crippen molar-refractivity contribution in [2.24, 2.45) is 0 Å². The molecule has 0 atom stereocenters. The average Bonchev–Trinajstić information content (AvgIpc) is 2.85. The van der Waals surface area contributed by atoms with Gasteiger partial charge in [0.1, 0.15) is 5.82 Å². The predicted octanol–water partition coefficient (Wildman–Crippen LogP) is 3.63. The summed E-state index contributed by atoms with van der Waals surface area (Å²) in [6.07, 6.45) is -5.78. The van der Waals surface area contributed by atoms with Crippen molar-refractivity contribution in [1.82, 2.24) is 19.9 Å². The van der Waals surface area contributed by atoms with E-state index >= 15 is 0 Å². The van der Waals surface area contributed by atoms with Crippen molar-refractivity contribution in [2.75, 3.05) is 37.6 Å². The van der Waals surface area contributed by atoms with E-state index in [9.17, 15) is 26.3 Å². The number of pyridine rings is 1. The molecular weight excluding hydrogens is 388 g/mol. The van der Waals surface area contributed by atoms with Crippen LogP contribution in [0.3, 0.4) is 0 Å². The molecule has 152 valence electrons. The number of hydrogen-bond donors (Lipinski definition) is 0. The zero-order valence-electron chi connectivity index (χ0n) is 14.6. The molecule has 11 heteroatoms. The van der Waals surface area contributed by atoms with Crippen molar-refractivity contribution in [3.63, 3.8) is 0 Å². The van der Waals surface area contributed by atoms with E-state index in [2.05, 4.69) is 15.0 Å². The highest BCUT2D eigenvalue weighted by molar-refractivity contribution is 5.57. The second-order valence-corrected chi connectivity index (χ2v) is 6.40. The molecule has 0 aliphatic carbocycles. The number of halogens is 6. The summed E-state index contributed by atoms with van der Waals surface area (Å²) in [6.45, 7) is -0.306. The molecule has 1 fully saturated rings. The summed E-state index contributed by atoms with van der Waals surface area (Å²) in [4.78, 5) is 14.5. The van der Waals surface area contributed by atoms with Gasteiger partial charge in [0.2, 0.25) is 0 Å². The number of hydrogen-bond acceptors (Lipinski definition) is 5. The van der Waals surface area contributed by atoms with E-state index in [4.69, 9.17) is 0 Å². The molecule has 0 amide bonds. The number of anilines is 1. The molecule has 0 unspecified atom stereocenters. The summed E-state index contributed by atoms with van der Waals surface area (Å²) >= 11 is 0. The van der Waals surface area contributed by atoms with Crippen LogP contribution in [-0.2, 0) is 6.18 Å². The average molecular weight is 405 g/mol. The van der Waals surface area contributed by atoms with Crippen LogP contribution in [0.1, 0.15) is 12.1 Å². The summed E-state index contributed by atoms with van der Waals surface area (Å²) in [7, 11) is 0. The first-order chi connectivity index (χ1) is 13.1. The Bertz CT molecular complexity index is 793. The molecular formula is C17H17F6N5. The Labute approximate surface area is 157 Å². The van der Waals surface area contributed by atoms with Crippen LogP contribution in [0.25, 0.3) is 11.4 Å². The van der Waals surface area contributed by atoms with E-state index in [-0.39, 0.29) is 31.3 Å². The lowest BCUT2D eigenvalue weighted by Gasteiger charge is -2.24. The largest absolute Gasteiger partial charge is 0.433 e. The van der Waals surface area contributed by atoms with Gasteiger partial charge in [-0.25, -0.2) is 9.97 Å². The first kappa shape index (κ1) is 20.3. The van der Waals surface area contributed by atoms with Crippen LogP contribution in [0, 0.1) is 0 Å². The number of alkyl halides is 6. The molecule has 0 aromatic carbocycles. The minimum Gasteiger partial charge on any atom is -0.355 e. The van der Waals surface area contributed by atoms with Gasteiger partial charge in [-0.15, -0.1) is 0 Å². The van der Waals surface area contributed by atoms with Crippen LogP contribution in [0.4, 0.5) is 32.2 Å². The maximum Gasteiger partial charge on any atom is 0.433 e. The molecule has 28 heavy (non-hydrogen) atoms. The Hall–Kier alpha value is -2.43. The van der Waals surface area contributed by atoms with Gasteiger partial charge in [0.15, 0.2) is 11.5 Å². The molecule has 1 saturated heterocycles. The SMILES string of the molecule is FC(F)(F)CN1CCCN(c2cc(C(F)(F)F)nc(-c3ccncc3)n2)CC1. The molecule has 0 radical (unpaired) electrons. The van der Waals surface area contributed by atoms with Crippen molar-refractivity contribution in [1.29, 1.82) is 0 Å². The van der Waals surface area contributed by atoms with Gasteiger partial charge in [0.25, 0.3) is 0 Å². The molecule has 1 aliphatic heterocycles. The van der Waals surface area contributed by atoms with Gasteiger partial charge < -0.3 is 4.90 Å². The smallest absolute Gasteiger partial charge is 0.355 e. The zero-order chi connectivity index (χ0) is 20.4. The lowest BCUT2D eigenvalue weighted by molar-refractivity contribution is -0.145. The third-order valence-electron chi connectivity index (χ3n) is 4.26. The molecule has 0 N–H and O–H groups in total. The molecule has 1 aliphatic rings. The van der Waals surface area contributed by atoms with Crippen molar-refractivity contribution in [3.8, 4) is 11.4 Å². The Morgan fingerprint density at radius 2 is 1.61 bits per heavy atom. The van der Waals surface area contributed by atoms with Crippen LogP contribution >= 0.6 is 0 Å². The lowest BCUT2D eigenvalue weighted by Crippen LogP contribution is -2.37. The summed E-state index contributed by atoms with van der Waals surface area (Å²) in [6, 6.07) is 3.82. The maximum absolute atomic E-state index is 13.3. The molecule has 0 spiro atoms. The molecule has 0 saturated carbocycles. The molecule has 3 heterocycles. The fraction of sp³-hybridized carbons (Fsp3) is 0.471.